The molecule has 1 atom stereocenters. The number of benzene rings is 2. The Morgan fingerprint density at radius 1 is 1.22 bits per heavy atom. The minimum absolute atomic E-state index is 0.0466. The van der Waals surface area contributed by atoms with E-state index in [-0.39, 0.29) is 28.8 Å². The topological polar surface area (TPSA) is 115 Å². The fraction of sp³-hybridized carbons (Fsp3) is 0.227. The van der Waals surface area contributed by atoms with Crippen molar-refractivity contribution >= 4 is 31.5 Å². The predicted octanol–water partition coefficient (Wildman–Crippen LogP) is 3.51. The number of rotatable bonds is 3. The molecule has 0 saturated carbocycles. The summed E-state index contributed by atoms with van der Waals surface area (Å²) in [5.74, 6) is 1.01. The largest absolute Gasteiger partial charge is 0.497 e. The molecule has 164 valence electrons. The SMILES string of the molecule is COc1ccc(N2C(N)=C(C#N)[C@@H](c3cc4c(cc3Br)OCO4)C3=C2CCS3(=O)=O)cc1. The first kappa shape index (κ1) is 20.7. The third-order valence-corrected chi connectivity index (χ3v) is 8.39. The first-order valence-electron chi connectivity index (χ1n) is 9.74. The molecule has 2 aromatic rings. The van der Waals surface area contributed by atoms with Crippen LogP contribution >= 0.6 is 15.9 Å². The summed E-state index contributed by atoms with van der Waals surface area (Å²) in [7, 11) is -2.05. The maximum Gasteiger partial charge on any atom is 0.231 e. The molecule has 8 nitrogen and oxygen atoms in total. The zero-order chi connectivity index (χ0) is 22.6. The first-order valence-corrected chi connectivity index (χ1v) is 12.2. The van der Waals surface area contributed by atoms with E-state index in [2.05, 4.69) is 22.0 Å². The highest BCUT2D eigenvalue weighted by Gasteiger charge is 2.46. The van der Waals surface area contributed by atoms with Gasteiger partial charge in [-0.05, 0) is 42.0 Å². The molecular formula is C22H18BrN3O5S. The van der Waals surface area contributed by atoms with Crippen LogP contribution in [0.1, 0.15) is 17.9 Å². The van der Waals surface area contributed by atoms with Crippen LogP contribution in [0.3, 0.4) is 0 Å². The number of sulfone groups is 1. The summed E-state index contributed by atoms with van der Waals surface area (Å²) in [5, 5.41) is 10.1. The number of methoxy groups -OCH3 is 1. The van der Waals surface area contributed by atoms with E-state index in [0.717, 1.165) is 0 Å². The van der Waals surface area contributed by atoms with Gasteiger partial charge in [0.05, 0.1) is 35.3 Å². The van der Waals surface area contributed by atoms with Gasteiger partial charge in [0.2, 0.25) is 6.79 Å². The number of nitrogens with zero attached hydrogens (tertiary/aromatic N) is 2. The summed E-state index contributed by atoms with van der Waals surface area (Å²) >= 11 is 3.52. The normalized spacial score (nSPS) is 20.9. The average Bonchev–Trinajstić information content (AvgIpc) is 3.36. The van der Waals surface area contributed by atoms with Gasteiger partial charge in [0.15, 0.2) is 21.3 Å². The number of nitrogens with two attached hydrogens (primary N) is 1. The maximum atomic E-state index is 13.2. The molecule has 5 rings (SSSR count). The summed E-state index contributed by atoms with van der Waals surface area (Å²) in [6.45, 7) is 0.0798. The van der Waals surface area contributed by atoms with Crippen molar-refractivity contribution in [1.29, 1.82) is 5.26 Å². The lowest BCUT2D eigenvalue weighted by atomic mass is 9.87. The second-order valence-electron chi connectivity index (χ2n) is 7.48. The van der Waals surface area contributed by atoms with E-state index in [9.17, 15) is 13.7 Å². The van der Waals surface area contributed by atoms with Crippen LogP contribution < -0.4 is 24.8 Å². The number of allylic oxidation sites excluding steroid dienone is 3. The van der Waals surface area contributed by atoms with Gasteiger partial charge in [-0.25, -0.2) is 8.42 Å². The molecule has 0 aliphatic carbocycles. The van der Waals surface area contributed by atoms with Crippen LogP contribution in [0.4, 0.5) is 5.69 Å². The van der Waals surface area contributed by atoms with Crippen molar-refractivity contribution in [2.45, 2.75) is 12.3 Å². The zero-order valence-corrected chi connectivity index (χ0v) is 19.4. The van der Waals surface area contributed by atoms with Crippen molar-refractivity contribution in [3.63, 3.8) is 0 Å². The molecular weight excluding hydrogens is 498 g/mol. The Morgan fingerprint density at radius 2 is 1.91 bits per heavy atom. The summed E-state index contributed by atoms with van der Waals surface area (Å²) in [4.78, 5) is 1.86. The lowest BCUT2D eigenvalue weighted by Crippen LogP contribution is -2.34. The van der Waals surface area contributed by atoms with Crippen molar-refractivity contribution in [2.24, 2.45) is 5.73 Å². The Labute approximate surface area is 193 Å². The predicted molar refractivity (Wildman–Crippen MR) is 121 cm³/mol. The quantitative estimate of drug-likeness (QED) is 0.659. The van der Waals surface area contributed by atoms with Gasteiger partial charge in [-0.2, -0.15) is 5.26 Å². The van der Waals surface area contributed by atoms with Gasteiger partial charge < -0.3 is 19.9 Å². The van der Waals surface area contributed by atoms with Gasteiger partial charge >= 0.3 is 0 Å². The highest BCUT2D eigenvalue weighted by atomic mass is 79.9. The van der Waals surface area contributed by atoms with Gasteiger partial charge in [0.25, 0.3) is 0 Å². The van der Waals surface area contributed by atoms with Gasteiger partial charge in [-0.15, -0.1) is 0 Å². The van der Waals surface area contributed by atoms with Crippen LogP contribution in [0, 0.1) is 11.3 Å². The number of nitriles is 1. The van der Waals surface area contributed by atoms with Gasteiger partial charge in [0, 0.05) is 22.3 Å². The van der Waals surface area contributed by atoms with Crippen molar-refractivity contribution in [1.82, 2.24) is 0 Å². The molecule has 32 heavy (non-hydrogen) atoms. The van der Waals surface area contributed by atoms with E-state index >= 15 is 0 Å². The number of hydrogen-bond acceptors (Lipinski definition) is 8. The highest BCUT2D eigenvalue weighted by molar-refractivity contribution is 9.10. The Balaban J connectivity index is 1.74. The zero-order valence-electron chi connectivity index (χ0n) is 17.0. The highest BCUT2D eigenvalue weighted by Crippen LogP contribution is 2.51. The first-order chi connectivity index (χ1) is 15.4. The summed E-state index contributed by atoms with van der Waals surface area (Å²) < 4.78 is 43.2. The van der Waals surface area contributed by atoms with E-state index in [4.69, 9.17) is 19.9 Å². The van der Waals surface area contributed by atoms with E-state index in [1.165, 1.54) is 0 Å². The lowest BCUT2D eigenvalue weighted by Gasteiger charge is -2.35. The third-order valence-electron chi connectivity index (χ3n) is 5.82. The van der Waals surface area contributed by atoms with Crippen LogP contribution in [0.25, 0.3) is 0 Å². The van der Waals surface area contributed by atoms with Crippen molar-refractivity contribution in [2.75, 3.05) is 24.6 Å². The van der Waals surface area contributed by atoms with Crippen molar-refractivity contribution in [3.05, 3.63) is 68.4 Å². The molecule has 3 heterocycles. The van der Waals surface area contributed by atoms with E-state index in [0.29, 0.717) is 45.1 Å². The fourth-order valence-electron chi connectivity index (χ4n) is 4.36. The molecule has 0 aromatic heterocycles. The minimum Gasteiger partial charge on any atom is -0.497 e. The van der Waals surface area contributed by atoms with E-state index < -0.39 is 15.8 Å². The average molecular weight is 516 g/mol. The number of halogens is 1. The number of ether oxygens (including phenoxy) is 3. The van der Waals surface area contributed by atoms with E-state index in [1.54, 1.807) is 48.4 Å². The maximum absolute atomic E-state index is 13.2. The number of fused-ring (bicyclic) bond motifs is 1. The van der Waals surface area contributed by atoms with Crippen molar-refractivity contribution < 1.29 is 22.6 Å². The minimum atomic E-state index is -3.62. The summed E-state index contributed by atoms with van der Waals surface area (Å²) in [6, 6.07) is 12.7. The van der Waals surface area contributed by atoms with Crippen LogP contribution in [-0.4, -0.2) is 28.1 Å². The summed E-state index contributed by atoms with van der Waals surface area (Å²) in [5.41, 5.74) is 8.49. The Morgan fingerprint density at radius 3 is 2.56 bits per heavy atom. The molecule has 2 N–H and O–H groups in total. The smallest absolute Gasteiger partial charge is 0.231 e. The number of hydrogen-bond donors (Lipinski definition) is 1. The van der Waals surface area contributed by atoms with Crippen molar-refractivity contribution in [3.8, 4) is 23.3 Å². The molecule has 10 heteroatoms. The van der Waals surface area contributed by atoms with Crippen LogP contribution in [-0.2, 0) is 9.84 Å². The van der Waals surface area contributed by atoms with Crippen LogP contribution in [0.5, 0.6) is 17.2 Å². The fourth-order valence-corrected chi connectivity index (χ4v) is 6.75. The van der Waals surface area contributed by atoms with E-state index in [1.807, 2.05) is 0 Å². The molecule has 0 unspecified atom stereocenters. The molecule has 2 aromatic carbocycles. The molecule has 3 aliphatic rings. The number of anilines is 1. The molecule has 0 bridgehead atoms. The molecule has 0 spiro atoms. The molecule has 0 amide bonds. The molecule has 0 fully saturated rings. The van der Waals surface area contributed by atoms with Gasteiger partial charge in [-0.3, -0.25) is 4.90 Å². The molecule has 0 radical (unpaired) electrons. The summed E-state index contributed by atoms with van der Waals surface area (Å²) in [6.07, 6.45) is 0.293. The monoisotopic (exact) mass is 515 g/mol. The standard InChI is InChI=1S/C22H18BrN3O5S/c1-29-13-4-2-12(3-5-13)26-17-6-7-32(27,28)21(17)20(15(10-24)22(26)25)14-8-18-19(9-16(14)23)31-11-30-18/h2-5,8-9,20H,6-7,11,25H2,1H3/t20-/m1/s1. The third kappa shape index (κ3) is 3.04. The molecule has 0 saturated heterocycles. The Bertz CT molecular complexity index is 1340. The van der Waals surface area contributed by atoms with Crippen LogP contribution in [0.2, 0.25) is 0 Å². The second kappa shape index (κ2) is 7.46. The lowest BCUT2D eigenvalue weighted by molar-refractivity contribution is 0.174. The molecule has 3 aliphatic heterocycles. The second-order valence-corrected chi connectivity index (χ2v) is 10.4. The van der Waals surface area contributed by atoms with Gasteiger partial charge in [-0.1, -0.05) is 15.9 Å². The Hall–Kier alpha value is -3.16. The van der Waals surface area contributed by atoms with Gasteiger partial charge in [0.1, 0.15) is 11.6 Å². The Kier molecular flexibility index (Phi) is 4.83. The van der Waals surface area contributed by atoms with Crippen LogP contribution in [0.15, 0.2) is 62.9 Å².